The average Bonchev–Trinajstić information content (AvgIpc) is 2.62. The van der Waals surface area contributed by atoms with Gasteiger partial charge in [-0.15, -0.1) is 11.8 Å². The lowest BCUT2D eigenvalue weighted by Crippen LogP contribution is -2.12. The molecule has 0 atom stereocenters. The first-order chi connectivity index (χ1) is 12.0. The van der Waals surface area contributed by atoms with Gasteiger partial charge in [-0.25, -0.2) is 8.42 Å². The van der Waals surface area contributed by atoms with E-state index in [0.29, 0.717) is 5.69 Å². The maximum absolute atomic E-state index is 12.4. The van der Waals surface area contributed by atoms with Gasteiger partial charge in [0.25, 0.3) is 10.0 Å². The highest BCUT2D eigenvalue weighted by atomic mass is 32.2. The Morgan fingerprint density at radius 2 is 1.48 bits per heavy atom. The highest BCUT2D eigenvalue weighted by Gasteiger charge is 2.13. The first-order valence-corrected chi connectivity index (χ1v) is 10.4. The molecule has 3 nitrogen and oxygen atoms in total. The van der Waals surface area contributed by atoms with Gasteiger partial charge in [0.15, 0.2) is 0 Å². The fraction of sp³-hybridized carbons (Fsp3) is 0.100. The van der Waals surface area contributed by atoms with E-state index in [1.807, 2.05) is 37.3 Å². The summed E-state index contributed by atoms with van der Waals surface area (Å²) < 4.78 is 27.4. The zero-order valence-electron chi connectivity index (χ0n) is 13.8. The maximum atomic E-state index is 12.4. The number of thioether (sulfide) groups is 1. The van der Waals surface area contributed by atoms with Crippen molar-refractivity contribution >= 4 is 27.5 Å². The van der Waals surface area contributed by atoms with Crippen molar-refractivity contribution in [1.29, 1.82) is 0 Å². The molecule has 0 bridgehead atoms. The number of nitrogens with one attached hydrogen (secondary N) is 1. The van der Waals surface area contributed by atoms with Crippen molar-refractivity contribution in [3.8, 4) is 0 Å². The summed E-state index contributed by atoms with van der Waals surface area (Å²) in [5.74, 6) is 0.884. The molecule has 0 aliphatic heterocycles. The van der Waals surface area contributed by atoms with E-state index < -0.39 is 10.0 Å². The Morgan fingerprint density at radius 1 is 0.840 bits per heavy atom. The number of benzene rings is 3. The first kappa shape index (κ1) is 17.6. The molecule has 0 aliphatic carbocycles. The molecule has 1 N–H and O–H groups in total. The third-order valence-electron chi connectivity index (χ3n) is 3.69. The second-order valence-corrected chi connectivity index (χ2v) is 8.45. The molecule has 0 heterocycles. The molecule has 0 saturated carbocycles. The van der Waals surface area contributed by atoms with E-state index in [2.05, 4.69) is 16.9 Å². The van der Waals surface area contributed by atoms with Crippen LogP contribution in [-0.2, 0) is 15.8 Å². The van der Waals surface area contributed by atoms with Crippen LogP contribution in [0.4, 0.5) is 5.69 Å². The molecule has 0 radical (unpaired) electrons. The molecule has 0 fully saturated rings. The van der Waals surface area contributed by atoms with Gasteiger partial charge >= 0.3 is 0 Å². The van der Waals surface area contributed by atoms with Gasteiger partial charge in [-0.1, -0.05) is 48.0 Å². The normalized spacial score (nSPS) is 11.2. The van der Waals surface area contributed by atoms with Crippen molar-refractivity contribution in [2.75, 3.05) is 4.72 Å². The lowest BCUT2D eigenvalue weighted by Gasteiger charge is -2.09. The fourth-order valence-corrected chi connectivity index (χ4v) is 4.20. The maximum Gasteiger partial charge on any atom is 0.261 e. The smallest absolute Gasteiger partial charge is 0.261 e. The largest absolute Gasteiger partial charge is 0.280 e. The predicted molar refractivity (Wildman–Crippen MR) is 104 cm³/mol. The Hall–Kier alpha value is -2.24. The highest BCUT2D eigenvalue weighted by Crippen LogP contribution is 2.25. The lowest BCUT2D eigenvalue weighted by molar-refractivity contribution is 0.601. The fourth-order valence-electron chi connectivity index (χ4n) is 2.29. The van der Waals surface area contributed by atoms with Gasteiger partial charge in [0.1, 0.15) is 0 Å². The van der Waals surface area contributed by atoms with Crippen molar-refractivity contribution in [3.63, 3.8) is 0 Å². The second-order valence-electron chi connectivity index (χ2n) is 5.72. The standard InChI is InChI=1S/C20H19NO2S2/c1-16-7-13-20(14-8-16)25(22,23)21-18-9-11-19(12-10-18)24-15-17-5-3-2-4-6-17/h2-14,21H,15H2,1H3. The van der Waals surface area contributed by atoms with E-state index >= 15 is 0 Å². The minimum Gasteiger partial charge on any atom is -0.280 e. The summed E-state index contributed by atoms with van der Waals surface area (Å²) in [5, 5.41) is 0. The van der Waals surface area contributed by atoms with E-state index in [0.717, 1.165) is 16.2 Å². The van der Waals surface area contributed by atoms with Crippen LogP contribution in [0.15, 0.2) is 88.7 Å². The van der Waals surface area contributed by atoms with Crippen LogP contribution in [0, 0.1) is 6.92 Å². The van der Waals surface area contributed by atoms with Crippen LogP contribution in [0.5, 0.6) is 0 Å². The monoisotopic (exact) mass is 369 g/mol. The molecule has 0 amide bonds. The third kappa shape index (κ3) is 4.87. The van der Waals surface area contributed by atoms with Crippen LogP contribution >= 0.6 is 11.8 Å². The number of anilines is 1. The van der Waals surface area contributed by atoms with Crippen LogP contribution in [0.2, 0.25) is 0 Å². The number of sulfonamides is 1. The van der Waals surface area contributed by atoms with Crippen molar-refractivity contribution < 1.29 is 8.42 Å². The van der Waals surface area contributed by atoms with Crippen LogP contribution in [0.25, 0.3) is 0 Å². The van der Waals surface area contributed by atoms with E-state index in [1.165, 1.54) is 5.56 Å². The minimum absolute atomic E-state index is 0.264. The summed E-state index contributed by atoms with van der Waals surface area (Å²) in [7, 11) is -3.56. The summed E-state index contributed by atoms with van der Waals surface area (Å²) in [5.41, 5.74) is 2.85. The van der Waals surface area contributed by atoms with Crippen LogP contribution in [0.3, 0.4) is 0 Å². The number of hydrogen-bond donors (Lipinski definition) is 1. The predicted octanol–water partition coefficient (Wildman–Crippen LogP) is 5.09. The highest BCUT2D eigenvalue weighted by molar-refractivity contribution is 7.98. The Kier molecular flexibility index (Phi) is 5.46. The molecule has 0 aromatic heterocycles. The molecule has 3 aromatic carbocycles. The Morgan fingerprint density at radius 3 is 2.12 bits per heavy atom. The molecule has 25 heavy (non-hydrogen) atoms. The van der Waals surface area contributed by atoms with Gasteiger partial charge in [-0.2, -0.15) is 0 Å². The van der Waals surface area contributed by atoms with Gasteiger partial charge in [-0.3, -0.25) is 4.72 Å². The Labute approximate surface area is 153 Å². The average molecular weight is 370 g/mol. The van der Waals surface area contributed by atoms with Crippen molar-refractivity contribution in [2.45, 2.75) is 22.5 Å². The Bertz CT molecular complexity index is 920. The number of aryl methyl sites for hydroxylation is 1. The van der Waals surface area contributed by atoms with Gasteiger partial charge in [0.05, 0.1) is 4.90 Å². The lowest BCUT2D eigenvalue weighted by atomic mass is 10.2. The van der Waals surface area contributed by atoms with Crippen LogP contribution < -0.4 is 4.72 Å². The van der Waals surface area contributed by atoms with Crippen molar-refractivity contribution in [3.05, 3.63) is 90.0 Å². The summed E-state index contributed by atoms with van der Waals surface area (Å²) in [6, 6.07) is 24.5. The van der Waals surface area contributed by atoms with Crippen LogP contribution in [-0.4, -0.2) is 8.42 Å². The molecule has 3 rings (SSSR count). The Balaban J connectivity index is 1.65. The van der Waals surface area contributed by atoms with E-state index in [-0.39, 0.29) is 4.90 Å². The topological polar surface area (TPSA) is 46.2 Å². The molecule has 128 valence electrons. The first-order valence-electron chi connectivity index (χ1n) is 7.89. The third-order valence-corrected chi connectivity index (χ3v) is 6.17. The SMILES string of the molecule is Cc1ccc(S(=O)(=O)Nc2ccc(SCc3ccccc3)cc2)cc1. The molecular weight excluding hydrogens is 350 g/mol. The summed E-state index contributed by atoms with van der Waals surface area (Å²) >= 11 is 1.72. The van der Waals surface area contributed by atoms with Gasteiger partial charge in [-0.05, 0) is 48.9 Å². The quantitative estimate of drug-likeness (QED) is 0.616. The molecular formula is C20H19NO2S2. The molecule has 0 unspecified atom stereocenters. The summed E-state index contributed by atoms with van der Waals surface area (Å²) in [4.78, 5) is 1.36. The summed E-state index contributed by atoms with van der Waals surface area (Å²) in [6.45, 7) is 1.93. The van der Waals surface area contributed by atoms with E-state index in [9.17, 15) is 8.42 Å². The van der Waals surface area contributed by atoms with Crippen LogP contribution in [0.1, 0.15) is 11.1 Å². The molecule has 0 aliphatic rings. The van der Waals surface area contributed by atoms with Gasteiger partial charge in [0, 0.05) is 16.3 Å². The number of rotatable bonds is 6. The van der Waals surface area contributed by atoms with Crippen molar-refractivity contribution in [2.24, 2.45) is 0 Å². The summed E-state index contributed by atoms with van der Waals surface area (Å²) in [6.07, 6.45) is 0. The number of hydrogen-bond acceptors (Lipinski definition) is 3. The molecule has 0 spiro atoms. The molecule has 0 saturated heterocycles. The van der Waals surface area contributed by atoms with E-state index in [1.54, 1.807) is 48.2 Å². The second kappa shape index (κ2) is 7.76. The van der Waals surface area contributed by atoms with Gasteiger partial charge in [0.2, 0.25) is 0 Å². The zero-order valence-corrected chi connectivity index (χ0v) is 15.5. The molecule has 5 heteroatoms. The minimum atomic E-state index is -3.56. The van der Waals surface area contributed by atoms with Gasteiger partial charge < -0.3 is 0 Å². The molecule has 3 aromatic rings. The van der Waals surface area contributed by atoms with Crippen molar-refractivity contribution in [1.82, 2.24) is 0 Å². The zero-order chi connectivity index (χ0) is 17.7. The van der Waals surface area contributed by atoms with E-state index in [4.69, 9.17) is 0 Å².